The molecule has 0 aliphatic carbocycles. The highest BCUT2D eigenvalue weighted by atomic mass is 31.2. The number of phosphoric acid groups is 1. The Morgan fingerprint density at radius 3 is 1.74 bits per heavy atom. The molecule has 3 atom stereocenters. The van der Waals surface area contributed by atoms with Gasteiger partial charge in [0.2, 0.25) is 22.6 Å². The molecule has 0 radical (unpaired) electrons. The molecule has 0 bridgehead atoms. The van der Waals surface area contributed by atoms with Crippen molar-refractivity contribution >= 4 is 76.3 Å². The number of carbonyl (C=O) groups is 2. The molecule has 0 saturated carbocycles. The summed E-state index contributed by atoms with van der Waals surface area (Å²) in [6.45, 7) is 3.01. The second-order valence-corrected chi connectivity index (χ2v) is 24.2. The molecule has 446 valence electrons. The van der Waals surface area contributed by atoms with Crippen LogP contribution in [0.5, 0.6) is 5.75 Å². The van der Waals surface area contributed by atoms with Crippen LogP contribution in [0.4, 0.5) is 11.6 Å². The van der Waals surface area contributed by atoms with Gasteiger partial charge in [-0.15, -0.1) is 9.15 Å². The van der Waals surface area contributed by atoms with Gasteiger partial charge >= 0.3 is 25.7 Å². The maximum Gasteiger partial charge on any atom is 0.472 e. The van der Waals surface area contributed by atoms with Gasteiger partial charge in [0, 0.05) is 47.5 Å². The fourth-order valence-corrected chi connectivity index (χ4v) is 13.5. The number of carbonyl (C=O) groups excluding carboxylic acids is 2. The number of nitrogens with zero attached hydrogens (tertiary/aromatic N) is 8. The monoisotopic (exact) mass is 1180 g/mol. The van der Waals surface area contributed by atoms with Gasteiger partial charge < -0.3 is 29.6 Å². The second-order valence-electron chi connectivity index (χ2n) is 22.7. The predicted octanol–water partition coefficient (Wildman–Crippen LogP) is 10.1. The molecule has 0 fully saturated rings. The molecule has 12 rings (SSSR count). The Hall–Kier alpha value is -7.03. The van der Waals surface area contributed by atoms with Crippen LogP contribution in [0.1, 0.15) is 158 Å². The van der Waals surface area contributed by atoms with E-state index in [-0.39, 0.29) is 32.6 Å². The number of amidine groups is 4. The van der Waals surface area contributed by atoms with E-state index in [2.05, 4.69) is 115 Å². The van der Waals surface area contributed by atoms with Crippen molar-refractivity contribution in [2.24, 2.45) is 20.0 Å². The molecule has 0 saturated heterocycles. The quantitative estimate of drug-likeness (QED) is 0.00948. The Bertz CT molecular complexity index is 3830. The SMILES string of the molecule is CCCCCCCCCCCCCCC(=O)OCC(COP(=O)(O)OCCNO)OC(=O)CCCCCCCCNCCOc1ccc2c(c1)C1=Nc3c4ccccc4c4n3[C@@]35n6c(c7ccccc7c6=NC2=[N+]13)=NC1=[N+]5C(=N4)c2ccccc21. The van der Waals surface area contributed by atoms with E-state index in [1.165, 1.54) is 51.4 Å². The molecule has 6 aliphatic rings. The molecule has 8 heterocycles. The Morgan fingerprint density at radius 1 is 0.576 bits per heavy atom. The minimum Gasteiger partial charge on any atom is -0.492 e. The van der Waals surface area contributed by atoms with Crippen LogP contribution in [0, 0.1) is 0 Å². The average Bonchev–Trinajstić information content (AvgIpc) is 1.51. The average molecular weight is 1180 g/mol. The summed E-state index contributed by atoms with van der Waals surface area (Å²) in [4.78, 5) is 57.7. The van der Waals surface area contributed by atoms with Gasteiger partial charge in [-0.05, 0) is 80.4 Å². The van der Waals surface area contributed by atoms with E-state index in [0.29, 0.717) is 26.0 Å². The lowest BCUT2D eigenvalue weighted by Gasteiger charge is -2.40. The Morgan fingerprint density at radius 2 is 1.12 bits per heavy atom. The molecule has 2 unspecified atom stereocenters. The van der Waals surface area contributed by atoms with Crippen molar-refractivity contribution in [3.05, 3.63) is 124 Å². The number of ether oxygens (including phenoxy) is 3. The van der Waals surface area contributed by atoms with Crippen LogP contribution in [-0.4, -0.2) is 116 Å². The molecular weight excluding hydrogens is 1100 g/mol. The lowest BCUT2D eigenvalue weighted by Crippen LogP contribution is -2.71. The fraction of sp³-hybridized carbons (Fsp3) is 0.469. The van der Waals surface area contributed by atoms with Crippen LogP contribution < -0.4 is 26.5 Å². The largest absolute Gasteiger partial charge is 0.492 e. The van der Waals surface area contributed by atoms with Crippen molar-refractivity contribution in [2.75, 3.05) is 46.1 Å². The molecule has 6 aliphatic heterocycles. The molecule has 21 heteroatoms. The second kappa shape index (κ2) is 26.3. The Balaban J connectivity index is 0.604. The van der Waals surface area contributed by atoms with Crippen molar-refractivity contribution in [2.45, 2.75) is 147 Å². The highest BCUT2D eigenvalue weighted by Gasteiger charge is 2.69. The van der Waals surface area contributed by atoms with Gasteiger partial charge in [-0.2, -0.15) is 9.13 Å². The van der Waals surface area contributed by atoms with Crippen molar-refractivity contribution in [1.29, 1.82) is 0 Å². The summed E-state index contributed by atoms with van der Waals surface area (Å²) >= 11 is 0. The van der Waals surface area contributed by atoms with Gasteiger partial charge in [-0.25, -0.2) is 10.0 Å². The number of hydrogen-bond acceptors (Lipinski definition) is 15. The predicted molar refractivity (Wildman–Crippen MR) is 322 cm³/mol. The minimum atomic E-state index is -4.52. The maximum absolute atomic E-state index is 12.9. The van der Waals surface area contributed by atoms with Gasteiger partial charge in [0.15, 0.2) is 6.10 Å². The van der Waals surface area contributed by atoms with Crippen LogP contribution in [0.2, 0.25) is 0 Å². The first-order valence-corrected chi connectivity index (χ1v) is 32.4. The number of hydroxylamine groups is 1. The normalized spacial score (nSPS) is 17.2. The number of unbranched alkanes of at least 4 members (excludes halogenated alkanes) is 16. The van der Waals surface area contributed by atoms with E-state index in [9.17, 15) is 19.0 Å². The summed E-state index contributed by atoms with van der Waals surface area (Å²) in [5.74, 6) is 3.68. The van der Waals surface area contributed by atoms with E-state index >= 15 is 0 Å². The third-order valence-electron chi connectivity index (χ3n) is 16.8. The summed E-state index contributed by atoms with van der Waals surface area (Å²) in [5, 5.41) is 16.4. The number of nitrogens with one attached hydrogen (secondary N) is 2. The molecule has 4 N–H and O–H groups in total. The molecular formula is C64H77N10O10P+2. The zero-order chi connectivity index (χ0) is 58.3. The standard InChI is InChI=1S/C64H76N10O10P/c1-2-3-4-5-6-7-8-9-10-11-14-17-32-54(75)81-42-45(43-83-85(78,79)82-40-38-66-77)84-55(76)33-18-15-12-13-16-25-36-65-37-39-80-44-34-35-52-53(41-44)63-70-61-51-31-24-23-30-50(51)59-68-57-47-27-20-19-26-46(47)56-67-58-48-28-21-22-29-49(48)60-69-62(52)74(63)64(71(56)57,72(58)60)73(59)61/h19-24,26-31,34-35,41,45,65-66,77H,2-18,25,32-33,36-40,42-43H2,1H3/q+1/p+1/t45?,64-/m1/s1. The first-order chi connectivity index (χ1) is 41.7. The smallest absolute Gasteiger partial charge is 0.472 e. The summed E-state index contributed by atoms with van der Waals surface area (Å²) in [6.07, 6.45) is 18.9. The van der Waals surface area contributed by atoms with E-state index in [4.69, 9.17) is 48.4 Å². The summed E-state index contributed by atoms with van der Waals surface area (Å²) in [5.41, 5.74) is 7.48. The third kappa shape index (κ3) is 11.6. The number of phosphoric ester groups is 1. The summed E-state index contributed by atoms with van der Waals surface area (Å²) in [6, 6.07) is 31.5. The number of hydrogen-bond donors (Lipinski definition) is 4. The fourth-order valence-electron chi connectivity index (χ4n) is 12.7. The summed E-state index contributed by atoms with van der Waals surface area (Å²) < 4.78 is 48.9. The molecule has 4 aromatic carbocycles. The number of fused-ring (bicyclic) bond motifs is 12. The molecule has 85 heavy (non-hydrogen) atoms. The first-order valence-electron chi connectivity index (χ1n) is 30.9. The van der Waals surface area contributed by atoms with Gasteiger partial charge in [0.25, 0.3) is 23.3 Å². The van der Waals surface area contributed by atoms with Crippen LogP contribution in [0.3, 0.4) is 0 Å². The molecule has 1 spiro atoms. The van der Waals surface area contributed by atoms with Gasteiger partial charge in [0.1, 0.15) is 19.0 Å². The molecule has 2 aromatic heterocycles. The van der Waals surface area contributed by atoms with Crippen molar-refractivity contribution in [3.8, 4) is 5.75 Å². The molecule has 0 amide bonds. The van der Waals surface area contributed by atoms with Crippen LogP contribution in [0.25, 0.3) is 21.5 Å². The zero-order valence-corrected chi connectivity index (χ0v) is 49.4. The number of rotatable bonds is 36. The van der Waals surface area contributed by atoms with Crippen LogP contribution in [-0.2, 0) is 38.6 Å². The Labute approximate surface area is 494 Å². The molecule has 20 nitrogen and oxygen atoms in total. The van der Waals surface area contributed by atoms with Crippen molar-refractivity contribution in [3.63, 3.8) is 0 Å². The third-order valence-corrected chi connectivity index (χ3v) is 17.8. The number of benzene rings is 4. The highest BCUT2D eigenvalue weighted by Crippen LogP contribution is 2.53. The number of aromatic nitrogens is 2. The van der Waals surface area contributed by atoms with Gasteiger partial charge in [0.05, 0.1) is 35.5 Å². The first kappa shape index (κ1) is 58.4. The van der Waals surface area contributed by atoms with Crippen molar-refractivity contribution in [1.82, 2.24) is 19.9 Å². The zero-order valence-electron chi connectivity index (χ0n) is 48.5. The lowest BCUT2D eigenvalue weighted by molar-refractivity contribution is -0.790. The van der Waals surface area contributed by atoms with E-state index < -0.39 is 38.4 Å². The number of aliphatic imine (C=N–C) groups is 2. The molecule has 6 aromatic rings. The van der Waals surface area contributed by atoms with Crippen LogP contribution >= 0.6 is 7.82 Å². The minimum absolute atomic E-state index is 0.0968. The lowest BCUT2D eigenvalue weighted by atomic mass is 10.0. The van der Waals surface area contributed by atoms with Crippen LogP contribution in [0.15, 0.2) is 111 Å². The summed E-state index contributed by atoms with van der Waals surface area (Å²) in [7, 11) is -4.52. The topological polar surface area (TPSA) is 227 Å². The van der Waals surface area contributed by atoms with E-state index in [1.807, 2.05) is 11.5 Å². The highest BCUT2D eigenvalue weighted by molar-refractivity contribution is 7.47. The maximum atomic E-state index is 12.9. The number of esters is 2. The van der Waals surface area contributed by atoms with Crippen molar-refractivity contribution < 1.29 is 56.7 Å². The van der Waals surface area contributed by atoms with Gasteiger partial charge in [-0.3, -0.25) is 18.6 Å². The van der Waals surface area contributed by atoms with E-state index in [0.717, 1.165) is 153 Å². The van der Waals surface area contributed by atoms with Gasteiger partial charge in [-0.1, -0.05) is 160 Å². The Kier molecular flexibility index (Phi) is 18.1. The van der Waals surface area contributed by atoms with E-state index in [1.54, 1.807) is 0 Å².